The average molecular weight is 846 g/mol. The Morgan fingerprint density at radius 2 is 1.49 bits per heavy atom. The van der Waals surface area contributed by atoms with Gasteiger partial charge in [0.25, 0.3) is 5.56 Å². The molecule has 2 aromatic heterocycles. The molecule has 61 heavy (non-hydrogen) atoms. The Bertz CT molecular complexity index is 2250. The Morgan fingerprint density at radius 3 is 2.13 bits per heavy atom. The van der Waals surface area contributed by atoms with Crippen LogP contribution in [0.25, 0.3) is 22.3 Å². The van der Waals surface area contributed by atoms with Gasteiger partial charge in [-0.25, -0.2) is 14.6 Å². The van der Waals surface area contributed by atoms with Crippen molar-refractivity contribution in [2.45, 2.75) is 122 Å². The maximum Gasteiger partial charge on any atom is 0.412 e. The van der Waals surface area contributed by atoms with E-state index in [0.29, 0.717) is 41.9 Å². The lowest BCUT2D eigenvalue weighted by Crippen LogP contribution is -2.50. The minimum absolute atomic E-state index is 0.0511. The summed E-state index contributed by atoms with van der Waals surface area (Å²) < 4.78 is 12.3. The molecule has 0 saturated carbocycles. The van der Waals surface area contributed by atoms with Gasteiger partial charge in [-0.15, -0.1) is 0 Å². The second-order valence-corrected chi connectivity index (χ2v) is 16.1. The van der Waals surface area contributed by atoms with Crippen molar-refractivity contribution in [2.75, 3.05) is 26.2 Å². The number of aromatic nitrogens is 2. The molecule has 6 rings (SSSR count). The summed E-state index contributed by atoms with van der Waals surface area (Å²) in [6.07, 6.45) is 7.88. The molecule has 3 aliphatic rings. The molecule has 1 saturated heterocycles. The second-order valence-electron chi connectivity index (χ2n) is 16.1. The minimum atomic E-state index is -1.92. The standard InChI is InChI=1S/C44H55N5O12/c1-3-28-29-23-27(15-16-33(29)47-37-30(28)25-49-34(37)24-32-31(38(49)52)26-60-41(57)44(32,59)4-2)61-42(58)46-20-19-45-35(50)13-11-9-7-5-6-8-10-12-14-36(51)48-21-17-43(18-22-48,39(53)54)40(55)56/h15-16,23-24,59H,3-14,17-22,25-26H2,1-2H3,(H,45,50)(H,46,58)(H,53,54)(H,55,56)/t44-/m0/s1. The van der Waals surface area contributed by atoms with Gasteiger partial charge in [0.1, 0.15) is 12.4 Å². The molecular formula is C44H55N5O12. The van der Waals surface area contributed by atoms with E-state index in [1.807, 2.05) is 6.92 Å². The van der Waals surface area contributed by atoms with Crippen molar-refractivity contribution < 1.29 is 53.6 Å². The number of benzene rings is 1. The van der Waals surface area contributed by atoms with E-state index in [-0.39, 0.29) is 87.1 Å². The van der Waals surface area contributed by atoms with E-state index in [2.05, 4.69) is 10.6 Å². The number of likely N-dealkylation sites (tertiary alicyclic amines) is 1. The molecule has 328 valence electrons. The highest BCUT2D eigenvalue weighted by atomic mass is 16.6. The molecule has 1 fully saturated rings. The number of esters is 1. The number of pyridine rings is 2. The van der Waals surface area contributed by atoms with Crippen LogP contribution in [-0.4, -0.2) is 91.8 Å². The average Bonchev–Trinajstić information content (AvgIpc) is 3.61. The number of cyclic esters (lactones) is 1. The number of aliphatic carboxylic acids is 2. The van der Waals surface area contributed by atoms with Crippen molar-refractivity contribution in [3.63, 3.8) is 0 Å². The maximum atomic E-state index is 13.6. The SMILES string of the molecule is CCc1c2c(nc3ccc(OC(=O)NCCNC(=O)CCCCCCCCCCC(=O)N4CCC(C(=O)O)(C(=O)O)CC4)cc13)-c1cc3c(c(=O)n1C2)COC(=O)[C@]3(O)CC. The zero-order chi connectivity index (χ0) is 43.9. The Balaban J connectivity index is 0.859. The van der Waals surface area contributed by atoms with Gasteiger partial charge in [0.2, 0.25) is 11.8 Å². The third kappa shape index (κ3) is 9.41. The number of amides is 3. The molecule has 1 aromatic carbocycles. The highest BCUT2D eigenvalue weighted by molar-refractivity contribution is 5.98. The van der Waals surface area contributed by atoms with E-state index in [4.69, 9.17) is 14.5 Å². The first kappa shape index (κ1) is 44.7. The van der Waals surface area contributed by atoms with Gasteiger partial charge in [0.15, 0.2) is 11.0 Å². The summed E-state index contributed by atoms with van der Waals surface area (Å²) in [5.41, 5.74) is -0.0280. The summed E-state index contributed by atoms with van der Waals surface area (Å²) in [6.45, 7) is 4.39. The predicted molar refractivity (Wildman–Crippen MR) is 221 cm³/mol. The number of carboxylic acid groups (broad SMARTS) is 2. The smallest absolute Gasteiger partial charge is 0.412 e. The van der Waals surface area contributed by atoms with Crippen LogP contribution in [0.4, 0.5) is 4.79 Å². The molecule has 3 aromatic rings. The molecule has 17 nitrogen and oxygen atoms in total. The van der Waals surface area contributed by atoms with Crippen molar-refractivity contribution >= 4 is 46.7 Å². The fraction of sp³-hybridized carbons (Fsp3) is 0.545. The number of hydrogen-bond donors (Lipinski definition) is 5. The number of carbonyl (C=O) groups excluding carboxylic acids is 4. The van der Waals surface area contributed by atoms with Crippen molar-refractivity contribution in [1.82, 2.24) is 25.1 Å². The molecule has 5 N–H and O–H groups in total. The van der Waals surface area contributed by atoms with E-state index >= 15 is 0 Å². The summed E-state index contributed by atoms with van der Waals surface area (Å²) in [4.78, 5) is 93.0. The lowest BCUT2D eigenvalue weighted by molar-refractivity contribution is -0.172. The number of ether oxygens (including phenoxy) is 2. The van der Waals surface area contributed by atoms with E-state index in [1.165, 1.54) is 0 Å². The van der Waals surface area contributed by atoms with Gasteiger partial charge in [0, 0.05) is 55.5 Å². The number of fused-ring (bicyclic) bond motifs is 5. The number of unbranched alkanes of at least 4 members (excludes halogenated alkanes) is 7. The van der Waals surface area contributed by atoms with Crippen molar-refractivity contribution in [1.29, 1.82) is 0 Å². The van der Waals surface area contributed by atoms with Crippen LogP contribution in [0.2, 0.25) is 0 Å². The fourth-order valence-electron chi connectivity index (χ4n) is 8.64. The van der Waals surface area contributed by atoms with Crippen LogP contribution < -0.4 is 20.9 Å². The number of rotatable bonds is 19. The monoisotopic (exact) mass is 845 g/mol. The molecule has 3 amide bonds. The van der Waals surface area contributed by atoms with Crippen LogP contribution in [0, 0.1) is 5.41 Å². The first-order valence-corrected chi connectivity index (χ1v) is 21.3. The molecule has 0 spiro atoms. The Labute approximate surface area is 352 Å². The van der Waals surface area contributed by atoms with Gasteiger partial charge in [-0.05, 0) is 68.4 Å². The van der Waals surface area contributed by atoms with Gasteiger partial charge in [-0.3, -0.25) is 24.0 Å². The maximum absolute atomic E-state index is 13.6. The van der Waals surface area contributed by atoms with Crippen LogP contribution in [0.15, 0.2) is 29.1 Å². The Kier molecular flexibility index (Phi) is 14.1. The van der Waals surface area contributed by atoms with Crippen LogP contribution in [0.1, 0.15) is 120 Å². The van der Waals surface area contributed by atoms with Gasteiger partial charge in [-0.1, -0.05) is 52.4 Å². The zero-order valence-electron chi connectivity index (χ0n) is 34.8. The van der Waals surface area contributed by atoms with Crippen LogP contribution >= 0.6 is 0 Å². The van der Waals surface area contributed by atoms with Crippen molar-refractivity contribution in [3.8, 4) is 17.1 Å². The lowest BCUT2D eigenvalue weighted by Gasteiger charge is -2.36. The van der Waals surface area contributed by atoms with Crippen molar-refractivity contribution in [3.05, 3.63) is 56.9 Å². The van der Waals surface area contributed by atoms with Gasteiger partial charge in [0.05, 0.1) is 29.0 Å². The summed E-state index contributed by atoms with van der Waals surface area (Å²) in [6, 6.07) is 6.79. The quantitative estimate of drug-likeness (QED) is 0.0496. The Hall–Kier alpha value is -5.84. The zero-order valence-corrected chi connectivity index (χ0v) is 34.8. The summed E-state index contributed by atoms with van der Waals surface area (Å²) in [5, 5.41) is 36.1. The molecule has 0 radical (unpaired) electrons. The summed E-state index contributed by atoms with van der Waals surface area (Å²) in [7, 11) is 0. The number of carboxylic acids is 2. The molecule has 0 unspecified atom stereocenters. The minimum Gasteiger partial charge on any atom is -0.480 e. The van der Waals surface area contributed by atoms with E-state index in [0.717, 1.165) is 67.9 Å². The molecular weight excluding hydrogens is 791 g/mol. The summed E-state index contributed by atoms with van der Waals surface area (Å²) >= 11 is 0. The lowest BCUT2D eigenvalue weighted by atomic mass is 9.78. The fourth-order valence-corrected chi connectivity index (χ4v) is 8.64. The van der Waals surface area contributed by atoms with E-state index < -0.39 is 35.0 Å². The topological polar surface area (TPSA) is 244 Å². The molecule has 0 aliphatic carbocycles. The van der Waals surface area contributed by atoms with Crippen LogP contribution in [0.3, 0.4) is 0 Å². The molecule has 3 aliphatic heterocycles. The Morgan fingerprint density at radius 1 is 0.852 bits per heavy atom. The molecule has 17 heteroatoms. The third-order valence-electron chi connectivity index (χ3n) is 12.4. The number of nitrogens with zero attached hydrogens (tertiary/aromatic N) is 3. The molecule has 0 bridgehead atoms. The molecule has 1 atom stereocenters. The predicted octanol–water partition coefficient (Wildman–Crippen LogP) is 4.53. The van der Waals surface area contributed by atoms with Gasteiger partial charge >= 0.3 is 24.0 Å². The first-order valence-electron chi connectivity index (χ1n) is 21.3. The van der Waals surface area contributed by atoms with E-state index in [1.54, 1.807) is 40.7 Å². The summed E-state index contributed by atoms with van der Waals surface area (Å²) in [5.74, 6) is -3.34. The largest absolute Gasteiger partial charge is 0.480 e. The highest BCUT2D eigenvalue weighted by Gasteiger charge is 2.49. The number of hydrogen-bond acceptors (Lipinski definition) is 11. The normalized spacial score (nSPS) is 17.5. The van der Waals surface area contributed by atoms with Gasteiger partial charge in [-0.2, -0.15) is 0 Å². The highest BCUT2D eigenvalue weighted by Crippen LogP contribution is 2.41. The molecule has 5 heterocycles. The first-order chi connectivity index (χ1) is 29.2. The van der Waals surface area contributed by atoms with Crippen molar-refractivity contribution in [2.24, 2.45) is 5.41 Å². The van der Waals surface area contributed by atoms with Crippen LogP contribution in [0.5, 0.6) is 5.75 Å². The van der Waals surface area contributed by atoms with Gasteiger partial charge < -0.3 is 44.9 Å². The number of aryl methyl sites for hydroxylation is 1. The number of carbonyl (C=O) groups is 6. The number of aliphatic hydroxyl groups is 1. The number of piperidine rings is 1. The second kappa shape index (κ2) is 19.3. The number of nitrogens with one attached hydrogen (secondary N) is 2. The third-order valence-corrected chi connectivity index (χ3v) is 12.4. The van der Waals surface area contributed by atoms with E-state index in [9.17, 15) is 48.9 Å². The van der Waals surface area contributed by atoms with Crippen LogP contribution in [-0.2, 0) is 53.9 Å².